The van der Waals surface area contributed by atoms with Crippen LogP contribution in [0.15, 0.2) is 72.9 Å². The van der Waals surface area contributed by atoms with E-state index in [2.05, 4.69) is 22.9 Å². The van der Waals surface area contributed by atoms with E-state index in [0.29, 0.717) is 5.69 Å². The van der Waals surface area contributed by atoms with Crippen molar-refractivity contribution < 1.29 is 9.90 Å². The smallest absolute Gasteiger partial charge is 0.321 e. The number of pyridine rings is 2. The maximum Gasteiger partial charge on any atom is 0.321 e. The van der Waals surface area contributed by atoms with Gasteiger partial charge in [0.2, 0.25) is 0 Å². The lowest BCUT2D eigenvalue weighted by Gasteiger charge is -2.12. The number of hydrogen-bond acceptors (Lipinski definition) is 3. The largest absolute Gasteiger partial charge is 0.480 e. The molecule has 0 bridgehead atoms. The lowest BCUT2D eigenvalue weighted by atomic mass is 9.94. The van der Waals surface area contributed by atoms with Crippen molar-refractivity contribution in [3.05, 3.63) is 84.7 Å². The molecule has 0 saturated heterocycles. The summed E-state index contributed by atoms with van der Waals surface area (Å²) in [6, 6.07) is 24.7. The number of aromatic nitrogens is 2. The molecule has 1 N–H and O–H groups in total. The minimum absolute atomic E-state index is 0.513. The molecular weight excluding hydrogens is 372 g/mol. The minimum atomic E-state index is -1.17. The van der Waals surface area contributed by atoms with E-state index in [-0.39, 0.29) is 0 Å². The van der Waals surface area contributed by atoms with E-state index in [4.69, 9.17) is 4.98 Å². The van der Waals surface area contributed by atoms with Gasteiger partial charge in [-0.15, -0.1) is 0 Å². The van der Waals surface area contributed by atoms with Gasteiger partial charge >= 0.3 is 5.97 Å². The summed E-state index contributed by atoms with van der Waals surface area (Å²) in [5, 5.41) is 10.1. The second kappa shape index (κ2) is 7.81. The molecule has 2 aromatic heterocycles. The van der Waals surface area contributed by atoms with Gasteiger partial charge in [-0.25, -0.2) is 9.97 Å². The number of hydrogen-bond donors (Lipinski definition) is 1. The topological polar surface area (TPSA) is 63.1 Å². The summed E-state index contributed by atoms with van der Waals surface area (Å²) in [5.41, 5.74) is 3.94. The first-order valence-electron chi connectivity index (χ1n) is 9.54. The first-order valence-corrected chi connectivity index (χ1v) is 9.54. The monoisotopic (exact) mass is 391 g/mol. The molecule has 0 spiro atoms. The highest BCUT2D eigenvalue weighted by atomic mass is 16.4. The van der Waals surface area contributed by atoms with E-state index in [0.717, 1.165) is 33.3 Å². The third kappa shape index (κ3) is 3.78. The average molecular weight is 391 g/mol. The van der Waals surface area contributed by atoms with E-state index in [1.165, 1.54) is 0 Å². The fourth-order valence-electron chi connectivity index (χ4n) is 3.07. The van der Waals surface area contributed by atoms with Crippen LogP contribution in [0.2, 0.25) is 0 Å². The van der Waals surface area contributed by atoms with Gasteiger partial charge in [-0.2, -0.15) is 0 Å². The third-order valence-electron chi connectivity index (χ3n) is 4.85. The van der Waals surface area contributed by atoms with Crippen LogP contribution >= 0.6 is 0 Å². The molecule has 0 aliphatic carbocycles. The van der Waals surface area contributed by atoms with Crippen molar-refractivity contribution in [2.75, 3.05) is 0 Å². The molecular formula is C26H19N2O2. The maximum atomic E-state index is 11.4. The zero-order valence-electron chi connectivity index (χ0n) is 16.7. The Morgan fingerprint density at radius 3 is 2.47 bits per heavy atom. The molecule has 0 aliphatic rings. The van der Waals surface area contributed by atoms with Crippen molar-refractivity contribution in [3.63, 3.8) is 0 Å². The molecule has 4 aromatic rings. The van der Waals surface area contributed by atoms with Crippen LogP contribution in [0.25, 0.3) is 33.3 Å². The zero-order valence-corrected chi connectivity index (χ0v) is 16.7. The summed E-state index contributed by atoms with van der Waals surface area (Å²) in [4.78, 5) is 20.7. The predicted octanol–water partition coefficient (Wildman–Crippen LogP) is 5.23. The number of rotatable bonds is 3. The van der Waals surface area contributed by atoms with Crippen LogP contribution in [0.5, 0.6) is 0 Å². The molecule has 2 aromatic carbocycles. The van der Waals surface area contributed by atoms with Crippen molar-refractivity contribution in [1.82, 2.24) is 9.97 Å². The van der Waals surface area contributed by atoms with Crippen LogP contribution in [-0.2, 0) is 4.79 Å². The Bertz CT molecular complexity index is 1280. The molecule has 145 valence electrons. The van der Waals surface area contributed by atoms with Gasteiger partial charge in [0, 0.05) is 22.7 Å². The standard InChI is InChI=1S/C26H19N2O2/c1-26(2,25(29)30)15-13-22-21-17-20(18-9-5-3-6-10-18)24(19-11-7-4-8-12-19)28-23(21)14-16-27-22/h3,5-12,14,16-17H,1-2H3,(H,29,30). The Morgan fingerprint density at radius 2 is 1.77 bits per heavy atom. The van der Waals surface area contributed by atoms with Gasteiger partial charge in [0.05, 0.1) is 11.2 Å². The number of carbonyl (C=O) groups is 1. The molecule has 2 heterocycles. The predicted molar refractivity (Wildman–Crippen MR) is 118 cm³/mol. The second-order valence-electron chi connectivity index (χ2n) is 7.45. The Labute approximate surface area is 175 Å². The van der Waals surface area contributed by atoms with Gasteiger partial charge in [-0.1, -0.05) is 60.5 Å². The zero-order chi connectivity index (χ0) is 21.1. The quantitative estimate of drug-likeness (QED) is 0.486. The molecule has 0 amide bonds. The van der Waals surface area contributed by atoms with Crippen molar-refractivity contribution in [2.45, 2.75) is 13.8 Å². The van der Waals surface area contributed by atoms with Crippen molar-refractivity contribution in [3.8, 4) is 34.2 Å². The fourth-order valence-corrected chi connectivity index (χ4v) is 3.07. The molecule has 0 fully saturated rings. The molecule has 0 atom stereocenters. The Hall–Kier alpha value is -3.97. The normalized spacial score (nSPS) is 11.0. The SMILES string of the molecule is CC(C)(C#Cc1nccc2nc(-c3cc[c]cc3)c(-c3ccccc3)cc12)C(=O)O. The van der Waals surface area contributed by atoms with Crippen molar-refractivity contribution in [1.29, 1.82) is 0 Å². The van der Waals surface area contributed by atoms with Crippen LogP contribution in [-0.4, -0.2) is 21.0 Å². The van der Waals surface area contributed by atoms with E-state index in [1.54, 1.807) is 20.0 Å². The lowest BCUT2D eigenvalue weighted by Crippen LogP contribution is -2.21. The highest BCUT2D eigenvalue weighted by Crippen LogP contribution is 2.33. The van der Waals surface area contributed by atoms with Crippen LogP contribution < -0.4 is 0 Å². The van der Waals surface area contributed by atoms with Crippen molar-refractivity contribution >= 4 is 16.9 Å². The summed E-state index contributed by atoms with van der Waals surface area (Å²) < 4.78 is 0. The van der Waals surface area contributed by atoms with Gasteiger partial charge in [-0.05, 0) is 43.5 Å². The Morgan fingerprint density at radius 1 is 1.03 bits per heavy atom. The van der Waals surface area contributed by atoms with Crippen LogP contribution in [0.3, 0.4) is 0 Å². The van der Waals surface area contributed by atoms with Crippen LogP contribution in [0.1, 0.15) is 19.5 Å². The Kier molecular flexibility index (Phi) is 5.04. The minimum Gasteiger partial charge on any atom is -0.480 e. The summed E-state index contributed by atoms with van der Waals surface area (Å²) in [7, 11) is 0. The lowest BCUT2D eigenvalue weighted by molar-refractivity contribution is -0.143. The van der Waals surface area contributed by atoms with E-state index in [9.17, 15) is 9.90 Å². The summed E-state index contributed by atoms with van der Waals surface area (Å²) >= 11 is 0. The van der Waals surface area contributed by atoms with E-state index < -0.39 is 11.4 Å². The summed E-state index contributed by atoms with van der Waals surface area (Å²) in [6.07, 6.45) is 1.65. The second-order valence-corrected chi connectivity index (χ2v) is 7.45. The summed E-state index contributed by atoms with van der Waals surface area (Å²) in [6.45, 7) is 3.15. The molecule has 30 heavy (non-hydrogen) atoms. The number of nitrogens with zero attached hydrogens (tertiary/aromatic N) is 2. The molecule has 0 aliphatic heterocycles. The number of aliphatic carboxylic acids is 1. The summed E-state index contributed by atoms with van der Waals surface area (Å²) in [5.74, 6) is 4.82. The van der Waals surface area contributed by atoms with Gasteiger partial charge in [-0.3, -0.25) is 4.79 Å². The van der Waals surface area contributed by atoms with E-state index >= 15 is 0 Å². The van der Waals surface area contributed by atoms with Crippen LogP contribution in [0.4, 0.5) is 0 Å². The Balaban J connectivity index is 1.97. The number of carboxylic acid groups (broad SMARTS) is 1. The number of carboxylic acids is 1. The highest BCUT2D eigenvalue weighted by Gasteiger charge is 2.24. The van der Waals surface area contributed by atoms with Gasteiger partial charge in [0.25, 0.3) is 0 Å². The maximum absolute atomic E-state index is 11.4. The molecule has 0 unspecified atom stereocenters. The first kappa shape index (κ1) is 19.4. The molecule has 0 saturated carbocycles. The molecule has 1 radical (unpaired) electrons. The first-order chi connectivity index (χ1) is 14.5. The number of fused-ring (bicyclic) bond motifs is 1. The molecule has 4 heteroatoms. The van der Waals surface area contributed by atoms with Gasteiger partial charge in [0.15, 0.2) is 0 Å². The van der Waals surface area contributed by atoms with Crippen LogP contribution in [0, 0.1) is 23.3 Å². The molecule has 4 rings (SSSR count). The molecule has 4 nitrogen and oxygen atoms in total. The van der Waals surface area contributed by atoms with E-state index in [1.807, 2.05) is 66.7 Å². The fraction of sp³-hybridized carbons (Fsp3) is 0.115. The van der Waals surface area contributed by atoms with Gasteiger partial charge < -0.3 is 5.11 Å². The highest BCUT2D eigenvalue weighted by molar-refractivity contribution is 5.93. The third-order valence-corrected chi connectivity index (χ3v) is 4.85. The number of benzene rings is 2. The van der Waals surface area contributed by atoms with Gasteiger partial charge in [0.1, 0.15) is 11.1 Å². The van der Waals surface area contributed by atoms with Crippen molar-refractivity contribution in [2.24, 2.45) is 5.41 Å². The average Bonchev–Trinajstić information content (AvgIpc) is 2.78.